The lowest BCUT2D eigenvalue weighted by atomic mass is 10.1. The quantitative estimate of drug-likeness (QED) is 0.122. The van der Waals surface area contributed by atoms with Crippen LogP contribution in [0.5, 0.6) is 0 Å². The summed E-state index contributed by atoms with van der Waals surface area (Å²) in [5, 5.41) is 3.42. The second-order valence-electron chi connectivity index (χ2n) is 14.2. The number of hydrogen-bond donors (Lipinski definition) is 0. The Bertz CT molecular complexity index is 4170. The topological polar surface area (TPSA) is 23.0 Å². The van der Waals surface area contributed by atoms with Crippen molar-refractivity contribution in [2.24, 2.45) is 0 Å². The SMILES string of the molecule is [2H]c1c([2H])c([2H])c([Si](c2ccccc2)(c2c([2H])c([2H])c([2H])c([2H])c2[2H])c2c([2H])c([2H])c([2H])c(-n3c4ccccc4c4cc(-n5c6ccccc6c6ccccc65)c5oc6ccccc6c5c43)c2[2H])c([2H])c1[2H]. The van der Waals surface area contributed by atoms with Gasteiger partial charge in [-0.25, -0.2) is 0 Å². The molecule has 0 amide bonds. The fourth-order valence-electron chi connectivity index (χ4n) is 8.91. The van der Waals surface area contributed by atoms with E-state index in [1.54, 1.807) is 28.8 Å². The standard InChI is InChI=1S/C54H36N2OSi/c1-4-20-38(21-5-1)58(39-22-6-2-7-23-39,40-24-8-3-9-25-40)41-26-18-19-37(35-41)55-47-31-14-12-29-44(47)46-36-50(54-52(53(46)55)45-30-13-17-34-51(45)57-54)56-48-32-15-10-27-42(48)43-28-11-16-33-49(43)56/h1-36H/i1D,2D,4D,5D,6D,7D,18D,19D,20D,21D,22D,23D,26D,35D. The van der Waals surface area contributed by atoms with Crippen LogP contribution in [0.25, 0.3) is 76.9 Å². The van der Waals surface area contributed by atoms with E-state index >= 15 is 0 Å². The van der Waals surface area contributed by atoms with Crippen LogP contribution < -0.4 is 20.7 Å². The first-order chi connectivity index (χ1) is 34.6. The zero-order chi connectivity index (χ0) is 50.4. The average Bonchev–Trinajstić information content (AvgIpc) is 4.06. The van der Waals surface area contributed by atoms with Crippen LogP contribution in [0.2, 0.25) is 0 Å². The van der Waals surface area contributed by atoms with Crippen molar-refractivity contribution < 1.29 is 23.6 Å². The molecule has 12 aromatic rings. The second-order valence-corrected chi connectivity index (χ2v) is 17.7. The molecule has 0 aliphatic rings. The van der Waals surface area contributed by atoms with Crippen molar-refractivity contribution in [2.75, 3.05) is 0 Å². The van der Waals surface area contributed by atoms with Gasteiger partial charge in [-0.3, -0.25) is 0 Å². The van der Waals surface area contributed by atoms with E-state index in [0.717, 1.165) is 21.8 Å². The van der Waals surface area contributed by atoms with E-state index in [9.17, 15) is 11.0 Å². The van der Waals surface area contributed by atoms with Gasteiger partial charge in [0.2, 0.25) is 0 Å². The summed E-state index contributed by atoms with van der Waals surface area (Å²) in [6.07, 6.45) is 0. The molecule has 3 nitrogen and oxygen atoms in total. The molecule has 0 saturated heterocycles. The highest BCUT2D eigenvalue weighted by Crippen LogP contribution is 2.45. The van der Waals surface area contributed by atoms with Crippen molar-refractivity contribution in [2.45, 2.75) is 0 Å². The van der Waals surface area contributed by atoms with Gasteiger partial charge in [-0.05, 0) is 63.2 Å². The molecule has 12 rings (SSSR count). The molecule has 4 heteroatoms. The Morgan fingerprint density at radius 1 is 0.431 bits per heavy atom. The molecule has 0 saturated carbocycles. The van der Waals surface area contributed by atoms with Crippen LogP contribution in [0.4, 0.5) is 0 Å². The molecule has 0 spiro atoms. The Hall–Kier alpha value is -7.40. The molecule has 0 bridgehead atoms. The number of rotatable bonds is 6. The van der Waals surface area contributed by atoms with Crippen molar-refractivity contribution >= 4 is 94.4 Å². The van der Waals surface area contributed by atoms with Crippen LogP contribution in [-0.4, -0.2) is 17.2 Å². The highest BCUT2D eigenvalue weighted by Gasteiger charge is 2.41. The van der Waals surface area contributed by atoms with Crippen LogP contribution >= 0.6 is 0 Å². The summed E-state index contributed by atoms with van der Waals surface area (Å²) >= 11 is 0. The monoisotopic (exact) mass is 770 g/mol. The molecule has 0 N–H and O–H groups in total. The number of furan rings is 1. The molecule has 272 valence electrons. The number of benzene rings is 9. The largest absolute Gasteiger partial charge is 0.454 e. The summed E-state index contributed by atoms with van der Waals surface area (Å²) in [6.45, 7) is 0. The first-order valence-corrected chi connectivity index (χ1v) is 20.8. The summed E-state index contributed by atoms with van der Waals surface area (Å²) < 4.78 is 142. The predicted molar refractivity (Wildman–Crippen MR) is 246 cm³/mol. The van der Waals surface area contributed by atoms with Gasteiger partial charge in [-0.2, -0.15) is 0 Å². The summed E-state index contributed by atoms with van der Waals surface area (Å²) in [7, 11) is -5.26. The van der Waals surface area contributed by atoms with Crippen LogP contribution in [0.3, 0.4) is 0 Å². The van der Waals surface area contributed by atoms with Gasteiger partial charge in [0.15, 0.2) is 13.7 Å². The van der Waals surface area contributed by atoms with E-state index in [1.165, 1.54) is 12.1 Å². The van der Waals surface area contributed by atoms with E-state index in [-0.39, 0.29) is 10.9 Å². The Kier molecular flexibility index (Phi) is 4.81. The van der Waals surface area contributed by atoms with E-state index in [2.05, 4.69) is 16.7 Å². The van der Waals surface area contributed by atoms with Gasteiger partial charge in [-0.15, -0.1) is 0 Å². The molecule has 58 heavy (non-hydrogen) atoms. The molecule has 3 aromatic heterocycles. The van der Waals surface area contributed by atoms with Crippen LogP contribution in [0.15, 0.2) is 222 Å². The fraction of sp³-hybridized carbons (Fsp3) is 0. The molecule has 3 heterocycles. The third-order valence-corrected chi connectivity index (χ3v) is 15.4. The maximum Gasteiger partial charge on any atom is 0.179 e. The lowest BCUT2D eigenvalue weighted by molar-refractivity contribution is 0.666. The third-order valence-electron chi connectivity index (χ3n) is 11.2. The van der Waals surface area contributed by atoms with Crippen molar-refractivity contribution in [3.63, 3.8) is 0 Å². The molecule has 0 unspecified atom stereocenters. The summed E-state index contributed by atoms with van der Waals surface area (Å²) in [4.78, 5) is 0. The second kappa shape index (κ2) is 12.8. The Balaban J connectivity index is 1.33. The number of nitrogens with zero attached hydrogens (tertiary/aromatic N) is 2. The van der Waals surface area contributed by atoms with Crippen molar-refractivity contribution in [3.8, 4) is 11.4 Å². The lowest BCUT2D eigenvalue weighted by Gasteiger charge is -2.34. The molecule has 0 aliphatic carbocycles. The highest BCUT2D eigenvalue weighted by molar-refractivity contribution is 7.19. The maximum absolute atomic E-state index is 10.7. The summed E-state index contributed by atoms with van der Waals surface area (Å²) in [5.74, 6) is 0. The molecule has 9 aromatic carbocycles. The van der Waals surface area contributed by atoms with Gasteiger partial charge in [-0.1, -0.05) is 176 Å². The Morgan fingerprint density at radius 3 is 1.59 bits per heavy atom. The molecule has 0 atom stereocenters. The van der Waals surface area contributed by atoms with E-state index in [4.69, 9.17) is 12.6 Å². The number of fused-ring (bicyclic) bond motifs is 10. The van der Waals surface area contributed by atoms with Gasteiger partial charge < -0.3 is 13.6 Å². The predicted octanol–water partition coefficient (Wildman–Crippen LogP) is 11.2. The zero-order valence-corrected chi connectivity index (χ0v) is 31.5. The molecule has 0 fully saturated rings. The van der Waals surface area contributed by atoms with Crippen molar-refractivity contribution in [1.82, 2.24) is 9.13 Å². The number of aromatic nitrogens is 2. The fourth-order valence-corrected chi connectivity index (χ4v) is 12.8. The summed E-state index contributed by atoms with van der Waals surface area (Å²) in [6, 6.07) is 30.6. The van der Waals surface area contributed by atoms with E-state index in [1.807, 2.05) is 84.9 Å². The van der Waals surface area contributed by atoms with Crippen molar-refractivity contribution in [1.29, 1.82) is 0 Å². The normalized spacial score (nSPS) is 15.5. The molecule has 0 radical (unpaired) electrons. The van der Waals surface area contributed by atoms with Crippen LogP contribution in [0, 0.1) is 0 Å². The lowest BCUT2D eigenvalue weighted by Crippen LogP contribution is -2.74. The molecular formula is C54H36N2OSi. The smallest absolute Gasteiger partial charge is 0.179 e. The third kappa shape index (κ3) is 4.61. The first-order valence-electron chi connectivity index (χ1n) is 25.8. The van der Waals surface area contributed by atoms with Gasteiger partial charge in [0.25, 0.3) is 0 Å². The maximum atomic E-state index is 10.7. The number of para-hydroxylation sites is 4. The van der Waals surface area contributed by atoms with Gasteiger partial charge in [0, 0.05) is 32.6 Å². The van der Waals surface area contributed by atoms with E-state index in [0.29, 0.717) is 49.4 Å². The molecular weight excluding hydrogens is 721 g/mol. The van der Waals surface area contributed by atoms with Crippen LogP contribution in [-0.2, 0) is 0 Å². The van der Waals surface area contributed by atoms with Gasteiger partial charge in [0.1, 0.15) is 5.58 Å². The van der Waals surface area contributed by atoms with Crippen LogP contribution in [0.1, 0.15) is 19.2 Å². The van der Waals surface area contributed by atoms with Crippen molar-refractivity contribution in [3.05, 3.63) is 218 Å². The Morgan fingerprint density at radius 2 is 0.948 bits per heavy atom. The highest BCUT2D eigenvalue weighted by atomic mass is 28.3. The average molecular weight is 771 g/mol. The Labute approximate surface area is 355 Å². The van der Waals surface area contributed by atoms with Gasteiger partial charge >= 0.3 is 0 Å². The number of hydrogen-bond acceptors (Lipinski definition) is 1. The summed E-state index contributed by atoms with van der Waals surface area (Å²) in [5.41, 5.74) is 4.28. The zero-order valence-electron chi connectivity index (χ0n) is 44.5. The molecule has 0 aliphatic heterocycles. The minimum absolute atomic E-state index is 0.105. The minimum Gasteiger partial charge on any atom is -0.454 e. The van der Waals surface area contributed by atoms with Gasteiger partial charge in [0.05, 0.1) is 52.3 Å². The van der Waals surface area contributed by atoms with E-state index < -0.39 is 108 Å². The minimum atomic E-state index is -5.26. The first kappa shape index (κ1) is 21.8.